The molecule has 0 bridgehead atoms. The van der Waals surface area contributed by atoms with Gasteiger partial charge in [-0.3, -0.25) is 0 Å². The lowest BCUT2D eigenvalue weighted by atomic mass is 10.7. The lowest BCUT2D eigenvalue weighted by molar-refractivity contribution is -0.645. The van der Waals surface area contributed by atoms with Gasteiger partial charge < -0.3 is 15.3 Å². The lowest BCUT2D eigenvalue weighted by Gasteiger charge is -1.87. The summed E-state index contributed by atoms with van der Waals surface area (Å²) in [6, 6.07) is 0. The summed E-state index contributed by atoms with van der Waals surface area (Å²) in [5, 5.41) is 36.9. The minimum atomic E-state index is -1.34. The minimum absolute atomic E-state index is 0.672. The van der Waals surface area contributed by atoms with Crippen LogP contribution in [0.15, 0.2) is 9.85 Å². The SMILES string of the molecule is O=[N+]([O-])N=[N+]([O-])c1nonc1[N+](=O)[O-]. The molecular weight excluding hydrogens is 204 g/mol. The quantitative estimate of drug-likeness (QED) is 0.281. The molecule has 0 atom stereocenters. The first-order valence-electron chi connectivity index (χ1n) is 2.82. The summed E-state index contributed by atoms with van der Waals surface area (Å²) in [6.45, 7) is 0. The van der Waals surface area contributed by atoms with Gasteiger partial charge in [0, 0.05) is 4.86 Å². The third-order valence-corrected chi connectivity index (χ3v) is 0.963. The van der Waals surface area contributed by atoms with Gasteiger partial charge in [0.15, 0.2) is 5.16 Å². The molecule has 1 aromatic rings. The van der Waals surface area contributed by atoms with Gasteiger partial charge in [0.2, 0.25) is 0 Å². The molecule has 1 rings (SSSR count). The predicted octanol–water partition coefficient (Wildman–Crippen LogP) is -0.237. The molecule has 0 saturated carbocycles. The first-order valence-corrected chi connectivity index (χ1v) is 2.82. The first kappa shape index (κ1) is 9.43. The van der Waals surface area contributed by atoms with Crippen molar-refractivity contribution in [3.63, 3.8) is 0 Å². The second-order valence-corrected chi connectivity index (χ2v) is 1.77. The summed E-state index contributed by atoms with van der Waals surface area (Å²) >= 11 is 0. The Bertz CT molecular complexity index is 406. The zero-order valence-electron chi connectivity index (χ0n) is 6.13. The van der Waals surface area contributed by atoms with E-state index in [2.05, 4.69) is 20.2 Å². The van der Waals surface area contributed by atoms with Gasteiger partial charge in [0.25, 0.3) is 5.03 Å². The van der Waals surface area contributed by atoms with Crippen LogP contribution in [0.2, 0.25) is 0 Å². The number of nitro groups is 2. The number of nitrogens with zero attached hydrogens (tertiary/aromatic N) is 6. The Morgan fingerprint density at radius 2 is 1.71 bits per heavy atom. The lowest BCUT2D eigenvalue weighted by Crippen LogP contribution is -2.00. The molecule has 0 aliphatic rings. The molecular formula is C2N6O6. The number of hydrogen-bond donors (Lipinski definition) is 0. The maximum atomic E-state index is 10.7. The predicted molar refractivity (Wildman–Crippen MR) is 33.7 cm³/mol. The standard InChI is InChI=1S/C2N6O6/c9-6(5-8(12)13)1-2(7(10)11)4-14-3-1. The molecule has 1 heterocycles. The van der Waals surface area contributed by atoms with Crippen LogP contribution in [0, 0.1) is 25.4 Å². The van der Waals surface area contributed by atoms with Crippen LogP contribution in [0.1, 0.15) is 0 Å². The molecule has 0 fully saturated rings. The highest BCUT2D eigenvalue weighted by Crippen LogP contribution is 2.20. The summed E-state index contributed by atoms with van der Waals surface area (Å²) in [6.07, 6.45) is 0. The molecule has 12 heteroatoms. The topological polar surface area (TPSA) is 164 Å². The van der Waals surface area contributed by atoms with Crippen LogP contribution < -0.4 is 0 Å². The summed E-state index contributed by atoms with van der Waals surface area (Å²) in [5.74, 6) is -2.04. The molecule has 12 nitrogen and oxygen atoms in total. The Kier molecular flexibility index (Phi) is 2.28. The van der Waals surface area contributed by atoms with Gasteiger partial charge in [-0.1, -0.05) is 0 Å². The van der Waals surface area contributed by atoms with Crippen molar-refractivity contribution in [1.82, 2.24) is 10.3 Å². The summed E-state index contributed by atoms with van der Waals surface area (Å²) in [5.41, 5.74) is 0. The van der Waals surface area contributed by atoms with E-state index in [1.807, 2.05) is 0 Å². The Labute approximate surface area is 73.2 Å². The molecule has 0 aliphatic heterocycles. The van der Waals surface area contributed by atoms with Gasteiger partial charge in [-0.2, -0.15) is 0 Å². The van der Waals surface area contributed by atoms with E-state index in [1.54, 1.807) is 0 Å². The summed E-state index contributed by atoms with van der Waals surface area (Å²) in [4.78, 5) is 18.1. The van der Waals surface area contributed by atoms with Crippen LogP contribution in [-0.2, 0) is 0 Å². The molecule has 0 aliphatic carbocycles. The zero-order chi connectivity index (χ0) is 10.7. The highest BCUT2D eigenvalue weighted by atomic mass is 16.7. The Morgan fingerprint density at radius 1 is 1.14 bits per heavy atom. The van der Waals surface area contributed by atoms with Crippen LogP contribution in [0.4, 0.5) is 11.6 Å². The smallest absolute Gasteiger partial charge is 0.512 e. The van der Waals surface area contributed by atoms with Crippen molar-refractivity contribution < 1.29 is 19.4 Å². The van der Waals surface area contributed by atoms with Crippen LogP contribution in [0.3, 0.4) is 0 Å². The van der Waals surface area contributed by atoms with E-state index in [-0.39, 0.29) is 0 Å². The maximum absolute atomic E-state index is 10.7. The second kappa shape index (κ2) is 3.38. The number of aromatic nitrogens is 2. The fourth-order valence-corrected chi connectivity index (χ4v) is 0.524. The fraction of sp³-hybridized carbons (Fsp3) is 0. The molecule has 74 valence electrons. The monoisotopic (exact) mass is 204 g/mol. The van der Waals surface area contributed by atoms with Crippen LogP contribution in [-0.4, -0.2) is 25.1 Å². The molecule has 0 amide bonds. The van der Waals surface area contributed by atoms with Crippen molar-refractivity contribution in [2.75, 3.05) is 0 Å². The van der Waals surface area contributed by atoms with Gasteiger partial charge in [0.1, 0.15) is 0 Å². The Hall–Kier alpha value is -2.66. The zero-order valence-corrected chi connectivity index (χ0v) is 6.13. The normalized spacial score (nSPS) is 11.3. The third-order valence-electron chi connectivity index (χ3n) is 0.963. The Morgan fingerprint density at radius 3 is 2.21 bits per heavy atom. The first-order chi connectivity index (χ1) is 6.52. The van der Waals surface area contributed by atoms with E-state index in [0.717, 1.165) is 0 Å². The highest BCUT2D eigenvalue weighted by molar-refractivity contribution is 5.35. The number of rotatable bonds is 3. The fourth-order valence-electron chi connectivity index (χ4n) is 0.524. The van der Waals surface area contributed by atoms with Crippen molar-refractivity contribution in [2.45, 2.75) is 0 Å². The number of hydrogen-bond acceptors (Lipinski definition) is 8. The maximum Gasteiger partial charge on any atom is 0.512 e. The van der Waals surface area contributed by atoms with E-state index in [9.17, 15) is 25.4 Å². The molecule has 14 heavy (non-hydrogen) atoms. The van der Waals surface area contributed by atoms with Gasteiger partial charge in [-0.25, -0.2) is 10.1 Å². The van der Waals surface area contributed by atoms with Crippen molar-refractivity contribution >= 4 is 11.6 Å². The van der Waals surface area contributed by atoms with Crippen LogP contribution in [0.5, 0.6) is 0 Å². The van der Waals surface area contributed by atoms with Gasteiger partial charge in [-0.15, -0.1) is 4.63 Å². The van der Waals surface area contributed by atoms with Crippen molar-refractivity contribution in [2.24, 2.45) is 5.22 Å². The molecule has 0 N–H and O–H groups in total. The van der Waals surface area contributed by atoms with Crippen LogP contribution in [0.25, 0.3) is 0 Å². The Balaban J connectivity index is 3.13. The van der Waals surface area contributed by atoms with E-state index in [0.29, 0.717) is 0 Å². The largest absolute Gasteiger partial charge is 0.588 e. The second-order valence-electron chi connectivity index (χ2n) is 1.77. The molecule has 0 saturated heterocycles. The van der Waals surface area contributed by atoms with Crippen molar-refractivity contribution in [1.29, 1.82) is 0 Å². The third kappa shape index (κ3) is 1.74. The minimum Gasteiger partial charge on any atom is -0.588 e. The summed E-state index contributed by atoms with van der Waals surface area (Å²) < 4.78 is 3.84. The van der Waals surface area contributed by atoms with Gasteiger partial charge in [-0.05, 0) is 4.92 Å². The molecule has 1 aromatic heterocycles. The molecule has 0 aromatic carbocycles. The van der Waals surface area contributed by atoms with E-state index < -0.39 is 26.5 Å². The average Bonchev–Trinajstić information content (AvgIpc) is 2.49. The van der Waals surface area contributed by atoms with Gasteiger partial charge >= 0.3 is 16.9 Å². The molecule has 0 radical (unpaired) electrons. The van der Waals surface area contributed by atoms with Crippen LogP contribution >= 0.6 is 0 Å². The van der Waals surface area contributed by atoms with Gasteiger partial charge in [0.05, 0.1) is 5.16 Å². The highest BCUT2D eigenvalue weighted by Gasteiger charge is 2.33. The molecule has 0 spiro atoms. The molecule has 0 unspecified atom stereocenters. The van der Waals surface area contributed by atoms with E-state index in [1.165, 1.54) is 0 Å². The average molecular weight is 204 g/mol. The van der Waals surface area contributed by atoms with Crippen molar-refractivity contribution in [3.8, 4) is 0 Å². The summed E-state index contributed by atoms with van der Waals surface area (Å²) in [7, 11) is 0. The van der Waals surface area contributed by atoms with Crippen molar-refractivity contribution in [3.05, 3.63) is 25.4 Å². The van der Waals surface area contributed by atoms with E-state index in [4.69, 9.17) is 0 Å². The van der Waals surface area contributed by atoms with E-state index >= 15 is 0 Å².